The second-order valence-electron chi connectivity index (χ2n) is 8.04. The van der Waals surface area contributed by atoms with Crippen molar-refractivity contribution in [1.29, 1.82) is 0 Å². The Labute approximate surface area is 226 Å². The van der Waals surface area contributed by atoms with E-state index < -0.39 is 45.4 Å². The molecular formula is C25H20Cl4F3N3O. The zero-order valence-corrected chi connectivity index (χ0v) is 22.1. The van der Waals surface area contributed by atoms with Gasteiger partial charge < -0.3 is 10.6 Å². The van der Waals surface area contributed by atoms with Crippen LogP contribution in [0.3, 0.4) is 0 Å². The third-order valence-corrected chi connectivity index (χ3v) is 7.25. The monoisotopic (exact) mass is 575 g/mol. The van der Waals surface area contributed by atoms with Gasteiger partial charge in [0.2, 0.25) is 0 Å². The van der Waals surface area contributed by atoms with E-state index in [1.807, 2.05) is 0 Å². The normalized spacial score (nSPS) is 19.0. The van der Waals surface area contributed by atoms with Gasteiger partial charge in [0.05, 0.1) is 21.3 Å². The Morgan fingerprint density at radius 1 is 1.14 bits per heavy atom. The van der Waals surface area contributed by atoms with E-state index in [2.05, 4.69) is 28.8 Å². The van der Waals surface area contributed by atoms with Crippen molar-refractivity contribution < 1.29 is 18.0 Å². The van der Waals surface area contributed by atoms with Crippen molar-refractivity contribution in [3.8, 4) is 0 Å². The molecule has 2 N–H and O–H groups in total. The van der Waals surface area contributed by atoms with Gasteiger partial charge in [0.15, 0.2) is 17.5 Å². The molecule has 1 saturated carbocycles. The first kappa shape index (κ1) is 28.1. The molecule has 0 heterocycles. The Morgan fingerprint density at radius 3 is 2.39 bits per heavy atom. The summed E-state index contributed by atoms with van der Waals surface area (Å²) in [6.07, 6.45) is 0.443. The number of rotatable bonds is 7. The maximum absolute atomic E-state index is 15.4. The first-order valence-electron chi connectivity index (χ1n) is 10.4. The molecule has 1 fully saturated rings. The largest absolute Gasteiger partial charge is 0.357 e. The average molecular weight is 577 g/mol. The molecule has 190 valence electrons. The molecule has 0 aliphatic heterocycles. The lowest BCUT2D eigenvalue weighted by atomic mass is 10.0. The smallest absolute Gasteiger partial charge is 0.260 e. The van der Waals surface area contributed by atoms with Crippen LogP contribution in [-0.4, -0.2) is 23.1 Å². The van der Waals surface area contributed by atoms with Crippen molar-refractivity contribution in [2.24, 2.45) is 10.9 Å². The molecule has 0 radical (unpaired) electrons. The Hall–Kier alpha value is -2.45. The first-order valence-corrected chi connectivity index (χ1v) is 11.9. The molecule has 11 heteroatoms. The summed E-state index contributed by atoms with van der Waals surface area (Å²) in [5.74, 6) is -5.66. The Balaban J connectivity index is 1.84. The van der Waals surface area contributed by atoms with Crippen LogP contribution < -0.4 is 10.6 Å². The molecule has 2 aromatic rings. The van der Waals surface area contributed by atoms with E-state index in [9.17, 15) is 13.6 Å². The van der Waals surface area contributed by atoms with E-state index in [-0.39, 0.29) is 16.8 Å². The van der Waals surface area contributed by atoms with E-state index >= 15 is 4.39 Å². The topological polar surface area (TPSA) is 53.5 Å². The van der Waals surface area contributed by atoms with Crippen molar-refractivity contribution in [3.05, 3.63) is 99.5 Å². The van der Waals surface area contributed by atoms with E-state index in [1.54, 1.807) is 18.2 Å². The number of carbonyl (C=O) groups is 1. The van der Waals surface area contributed by atoms with Crippen LogP contribution in [-0.2, 0) is 0 Å². The number of nitrogens with zero attached hydrogens (tertiary/aromatic N) is 1. The van der Waals surface area contributed by atoms with Gasteiger partial charge in [0.25, 0.3) is 5.91 Å². The summed E-state index contributed by atoms with van der Waals surface area (Å²) in [5.41, 5.74) is 0.837. The molecule has 0 aromatic heterocycles. The number of halogens is 7. The molecule has 36 heavy (non-hydrogen) atoms. The predicted molar refractivity (Wildman–Crippen MR) is 141 cm³/mol. The van der Waals surface area contributed by atoms with Crippen LogP contribution in [0.2, 0.25) is 10.0 Å². The Kier molecular flexibility index (Phi) is 8.51. The number of hydrogen-bond acceptors (Lipinski definition) is 3. The van der Waals surface area contributed by atoms with Crippen LogP contribution in [0.1, 0.15) is 27.4 Å². The van der Waals surface area contributed by atoms with Crippen molar-refractivity contribution in [2.75, 3.05) is 12.4 Å². The van der Waals surface area contributed by atoms with E-state index in [0.717, 1.165) is 5.56 Å². The second-order valence-corrected chi connectivity index (χ2v) is 10.3. The molecule has 2 unspecified atom stereocenters. The van der Waals surface area contributed by atoms with Gasteiger partial charge in [-0.05, 0) is 36.2 Å². The summed E-state index contributed by atoms with van der Waals surface area (Å²) in [6, 6.07) is 7.91. The van der Waals surface area contributed by atoms with Crippen molar-refractivity contribution in [1.82, 2.24) is 5.32 Å². The van der Waals surface area contributed by atoms with Gasteiger partial charge in [-0.25, -0.2) is 13.2 Å². The average Bonchev–Trinajstić information content (AvgIpc) is 3.37. The SMILES string of the molecule is C=C(F)/C=C(/F)C(=NC)NC(=O)c1c(C)ccc(NC(=C)C2C(c3ccc(Cl)c(Cl)c3)C2(Cl)Cl)c1F. The van der Waals surface area contributed by atoms with Gasteiger partial charge in [0, 0.05) is 30.7 Å². The fraction of sp³-hybridized carbons (Fsp3) is 0.200. The highest BCUT2D eigenvalue weighted by molar-refractivity contribution is 6.52. The highest BCUT2D eigenvalue weighted by atomic mass is 35.5. The Bertz CT molecular complexity index is 1320. The lowest BCUT2D eigenvalue weighted by molar-refractivity contribution is 0.0972. The summed E-state index contributed by atoms with van der Waals surface area (Å²) in [5, 5.41) is 5.69. The van der Waals surface area contributed by atoms with Crippen molar-refractivity contribution in [2.45, 2.75) is 17.2 Å². The number of anilines is 1. The quantitative estimate of drug-likeness (QED) is 0.152. The molecule has 0 spiro atoms. The fourth-order valence-corrected chi connectivity index (χ4v) is 4.98. The van der Waals surface area contributed by atoms with Crippen LogP contribution in [0.15, 0.2) is 71.9 Å². The highest BCUT2D eigenvalue weighted by Gasteiger charge is 2.65. The summed E-state index contributed by atoms with van der Waals surface area (Å²) >= 11 is 25.1. The lowest BCUT2D eigenvalue weighted by Gasteiger charge is -2.15. The van der Waals surface area contributed by atoms with Crippen molar-refractivity contribution in [3.63, 3.8) is 0 Å². The number of nitrogens with one attached hydrogen (secondary N) is 2. The Morgan fingerprint density at radius 2 is 1.81 bits per heavy atom. The van der Waals surface area contributed by atoms with Gasteiger partial charge >= 0.3 is 0 Å². The molecule has 1 amide bonds. The van der Waals surface area contributed by atoms with Crippen LogP contribution in [0.4, 0.5) is 18.9 Å². The predicted octanol–water partition coefficient (Wildman–Crippen LogP) is 8.05. The zero-order valence-electron chi connectivity index (χ0n) is 19.0. The molecule has 0 bridgehead atoms. The molecule has 1 aliphatic rings. The third kappa shape index (κ3) is 5.75. The van der Waals surface area contributed by atoms with Gasteiger partial charge in [-0.3, -0.25) is 9.79 Å². The summed E-state index contributed by atoms with van der Waals surface area (Å²) in [7, 11) is 1.18. The summed E-state index contributed by atoms with van der Waals surface area (Å²) in [6.45, 7) is 8.37. The molecule has 0 saturated heterocycles. The number of hydrogen-bond donors (Lipinski definition) is 2. The van der Waals surface area contributed by atoms with Crippen LogP contribution in [0.25, 0.3) is 0 Å². The number of amidine groups is 1. The van der Waals surface area contributed by atoms with E-state index in [0.29, 0.717) is 21.8 Å². The van der Waals surface area contributed by atoms with E-state index in [1.165, 1.54) is 26.1 Å². The van der Waals surface area contributed by atoms with Gasteiger partial charge in [0.1, 0.15) is 10.2 Å². The zero-order chi connectivity index (χ0) is 26.9. The number of aryl methyl sites for hydroxylation is 1. The molecular weight excluding hydrogens is 557 g/mol. The summed E-state index contributed by atoms with van der Waals surface area (Å²) in [4.78, 5) is 16.3. The third-order valence-electron chi connectivity index (χ3n) is 5.57. The van der Waals surface area contributed by atoms with Gasteiger partial charge in [-0.1, -0.05) is 48.5 Å². The number of aliphatic imine (C=N–C) groups is 1. The van der Waals surface area contributed by atoms with Crippen LogP contribution >= 0.6 is 46.4 Å². The van der Waals surface area contributed by atoms with Gasteiger partial charge in [-0.2, -0.15) is 0 Å². The number of allylic oxidation sites excluding steroid dienone is 3. The number of amides is 1. The molecule has 2 aromatic carbocycles. The second kappa shape index (κ2) is 10.9. The molecule has 4 nitrogen and oxygen atoms in total. The number of benzene rings is 2. The first-order chi connectivity index (χ1) is 16.8. The molecule has 1 aliphatic carbocycles. The maximum atomic E-state index is 15.4. The van der Waals surface area contributed by atoms with E-state index in [4.69, 9.17) is 46.4 Å². The lowest BCUT2D eigenvalue weighted by Crippen LogP contribution is -2.32. The molecule has 3 rings (SSSR count). The van der Waals surface area contributed by atoms with Crippen LogP contribution in [0, 0.1) is 18.7 Å². The highest BCUT2D eigenvalue weighted by Crippen LogP contribution is 2.67. The summed E-state index contributed by atoms with van der Waals surface area (Å²) < 4.78 is 41.2. The number of carbonyl (C=O) groups excluding carboxylic acids is 1. The minimum absolute atomic E-state index is 0.0807. The molecule has 2 atom stereocenters. The van der Waals surface area contributed by atoms with Crippen LogP contribution in [0.5, 0.6) is 0 Å². The maximum Gasteiger partial charge on any atom is 0.260 e. The number of alkyl halides is 2. The fourth-order valence-electron chi connectivity index (χ4n) is 3.78. The van der Waals surface area contributed by atoms with Gasteiger partial charge in [-0.15, -0.1) is 23.2 Å². The van der Waals surface area contributed by atoms with Crippen molar-refractivity contribution >= 4 is 63.8 Å². The minimum atomic E-state index is -1.24. The standard InChI is InChI=1S/C25H20Cl4F3N3O/c1-11-5-8-18(22(32)19(11)24(36)35-23(33-4)17(31)9-12(2)30)34-13(3)20-21(25(20,28)29)14-6-7-15(26)16(27)10-14/h5-10,20-21,34H,2-3H2,1,4H3,(H,33,35,36)/b17-9+. The minimum Gasteiger partial charge on any atom is -0.357 e.